The highest BCUT2D eigenvalue weighted by Crippen LogP contribution is 2.23. The molecule has 2 heterocycles. The molecule has 2 saturated heterocycles. The highest BCUT2D eigenvalue weighted by Gasteiger charge is 2.32. The monoisotopic (exact) mass is 352 g/mol. The highest BCUT2D eigenvalue weighted by atomic mass is 32.2. The minimum atomic E-state index is -0.491. The van der Waals surface area contributed by atoms with Crippen molar-refractivity contribution >= 4 is 29.4 Å². The smallest absolute Gasteiger partial charge is 0.251 e. The molecular weight excluding hydrogens is 328 g/mol. The Morgan fingerprint density at radius 1 is 1.17 bits per heavy atom. The van der Waals surface area contributed by atoms with Crippen LogP contribution in [0.25, 0.3) is 0 Å². The summed E-state index contributed by atoms with van der Waals surface area (Å²) in [6.07, 6.45) is 0.320. The molecule has 2 fully saturated rings. The number of β-amino-alcohol motifs (C(OH)–C–C–N with tert-alkyl or cyclic N) is 1. The van der Waals surface area contributed by atoms with Gasteiger partial charge in [0.1, 0.15) is 0 Å². The van der Waals surface area contributed by atoms with E-state index in [0.29, 0.717) is 18.2 Å². The number of nitrogens with one attached hydrogen (secondary N) is 1. The summed E-state index contributed by atoms with van der Waals surface area (Å²) in [4.78, 5) is 14.6. The third-order valence-corrected chi connectivity index (χ3v) is 6.96. The minimum absolute atomic E-state index is 0.0938. The average Bonchev–Trinajstić information content (AvgIpc) is 2.87. The van der Waals surface area contributed by atoms with E-state index < -0.39 is 6.10 Å². The van der Waals surface area contributed by atoms with E-state index in [1.54, 1.807) is 12.1 Å². The maximum Gasteiger partial charge on any atom is 0.251 e. The van der Waals surface area contributed by atoms with Crippen molar-refractivity contribution in [2.45, 2.75) is 24.6 Å². The van der Waals surface area contributed by atoms with Crippen LogP contribution in [0.15, 0.2) is 30.3 Å². The molecule has 2 N–H and O–H groups in total. The molecule has 2 atom stereocenters. The average molecular weight is 353 g/mol. The van der Waals surface area contributed by atoms with Gasteiger partial charge in [-0.3, -0.25) is 9.69 Å². The quantitative estimate of drug-likeness (QED) is 0.867. The topological polar surface area (TPSA) is 52.6 Å². The van der Waals surface area contributed by atoms with Crippen molar-refractivity contribution in [1.29, 1.82) is 0 Å². The van der Waals surface area contributed by atoms with Crippen molar-refractivity contribution in [2.75, 3.05) is 36.1 Å². The Morgan fingerprint density at radius 3 is 2.52 bits per heavy atom. The fraction of sp³-hybridized carbons (Fsp3) is 0.588. The number of amides is 1. The van der Waals surface area contributed by atoms with E-state index in [-0.39, 0.29) is 11.9 Å². The van der Waals surface area contributed by atoms with Gasteiger partial charge in [-0.1, -0.05) is 18.2 Å². The van der Waals surface area contributed by atoms with Gasteiger partial charge in [0.25, 0.3) is 5.91 Å². The van der Waals surface area contributed by atoms with Crippen molar-refractivity contribution in [3.8, 4) is 0 Å². The number of aliphatic hydroxyl groups is 1. The second kappa shape index (κ2) is 8.42. The van der Waals surface area contributed by atoms with E-state index in [0.717, 1.165) is 24.5 Å². The molecule has 0 unspecified atom stereocenters. The molecule has 3 rings (SSSR count). The highest BCUT2D eigenvalue weighted by molar-refractivity contribution is 8.03. The van der Waals surface area contributed by atoms with Gasteiger partial charge in [0.2, 0.25) is 0 Å². The lowest BCUT2D eigenvalue weighted by molar-refractivity contribution is 0.0278. The molecule has 2 aliphatic rings. The number of thioether (sulfide) groups is 2. The summed E-state index contributed by atoms with van der Waals surface area (Å²) in [5, 5.41) is 13.5. The predicted octanol–water partition coefficient (Wildman–Crippen LogP) is 1.70. The second-order valence-corrected chi connectivity index (χ2v) is 8.40. The van der Waals surface area contributed by atoms with Crippen LogP contribution in [0.4, 0.5) is 0 Å². The number of aliphatic hydroxyl groups excluding tert-OH is 1. The Kier molecular flexibility index (Phi) is 6.28. The minimum Gasteiger partial charge on any atom is -0.390 e. The van der Waals surface area contributed by atoms with Crippen LogP contribution in [0.1, 0.15) is 16.8 Å². The summed E-state index contributed by atoms with van der Waals surface area (Å²) in [7, 11) is 0. The standard InChI is InChI=1S/C17H24N2O2S2/c20-16-10-19(14-11-22-8-9-23-12-14)7-6-15(16)18-17(21)13-4-2-1-3-5-13/h1-5,14-16,20H,6-12H2,(H,18,21)/t15-,16-/m1/s1. The maximum atomic E-state index is 12.2. The molecule has 126 valence electrons. The van der Waals surface area contributed by atoms with Gasteiger partial charge < -0.3 is 10.4 Å². The van der Waals surface area contributed by atoms with Gasteiger partial charge in [0, 0.05) is 47.7 Å². The lowest BCUT2D eigenvalue weighted by Crippen LogP contribution is -2.57. The number of nitrogens with zero attached hydrogens (tertiary/aromatic N) is 1. The molecule has 0 aromatic heterocycles. The lowest BCUT2D eigenvalue weighted by atomic mass is 10.00. The van der Waals surface area contributed by atoms with Gasteiger partial charge in [0.05, 0.1) is 12.1 Å². The number of piperidine rings is 1. The van der Waals surface area contributed by atoms with Crippen LogP contribution >= 0.6 is 23.5 Å². The SMILES string of the molecule is O=C(N[C@@H]1CCN(C2CSCCSC2)C[C@H]1O)c1ccccc1. The number of carbonyl (C=O) groups is 1. The van der Waals surface area contributed by atoms with Crippen molar-refractivity contribution in [2.24, 2.45) is 0 Å². The Bertz CT molecular complexity index is 507. The van der Waals surface area contributed by atoms with Crippen LogP contribution in [0.5, 0.6) is 0 Å². The molecule has 1 amide bonds. The van der Waals surface area contributed by atoms with Gasteiger partial charge in [-0.05, 0) is 18.6 Å². The molecule has 23 heavy (non-hydrogen) atoms. The predicted molar refractivity (Wildman–Crippen MR) is 98.3 cm³/mol. The van der Waals surface area contributed by atoms with E-state index in [1.807, 2.05) is 41.7 Å². The summed E-state index contributed by atoms with van der Waals surface area (Å²) in [6, 6.07) is 9.61. The van der Waals surface area contributed by atoms with E-state index in [2.05, 4.69) is 10.2 Å². The molecule has 1 aromatic carbocycles. The maximum absolute atomic E-state index is 12.2. The van der Waals surface area contributed by atoms with Gasteiger partial charge in [-0.2, -0.15) is 23.5 Å². The third-order valence-electron chi connectivity index (χ3n) is 4.47. The zero-order valence-corrected chi connectivity index (χ0v) is 14.8. The first-order chi connectivity index (χ1) is 11.2. The molecule has 6 heteroatoms. The zero-order chi connectivity index (χ0) is 16.1. The van der Waals surface area contributed by atoms with Crippen LogP contribution in [0.2, 0.25) is 0 Å². The van der Waals surface area contributed by atoms with Crippen molar-refractivity contribution < 1.29 is 9.90 Å². The molecule has 1 aromatic rings. The molecule has 0 aliphatic carbocycles. The number of likely N-dealkylation sites (tertiary alicyclic amines) is 1. The van der Waals surface area contributed by atoms with Crippen LogP contribution in [0.3, 0.4) is 0 Å². The fourth-order valence-electron chi connectivity index (χ4n) is 3.11. The van der Waals surface area contributed by atoms with Gasteiger partial charge in [-0.15, -0.1) is 0 Å². The molecule has 0 spiro atoms. The van der Waals surface area contributed by atoms with E-state index >= 15 is 0 Å². The van der Waals surface area contributed by atoms with E-state index in [4.69, 9.17) is 0 Å². The Hall–Kier alpha value is -0.690. The number of rotatable bonds is 3. The Morgan fingerprint density at radius 2 is 1.87 bits per heavy atom. The fourth-order valence-corrected chi connectivity index (χ4v) is 5.74. The van der Waals surface area contributed by atoms with Crippen LogP contribution in [0, 0.1) is 0 Å². The summed E-state index contributed by atoms with van der Waals surface area (Å²) in [6.45, 7) is 1.61. The van der Waals surface area contributed by atoms with Crippen LogP contribution < -0.4 is 5.32 Å². The van der Waals surface area contributed by atoms with Crippen LogP contribution in [-0.4, -0.2) is 70.2 Å². The number of hydrogen-bond acceptors (Lipinski definition) is 5. The summed E-state index contributed by atoms with van der Waals surface area (Å²) >= 11 is 4.03. The number of carbonyl (C=O) groups excluding carboxylic acids is 1. The van der Waals surface area contributed by atoms with E-state index in [9.17, 15) is 9.90 Å². The van der Waals surface area contributed by atoms with Crippen molar-refractivity contribution in [3.63, 3.8) is 0 Å². The molecule has 2 aliphatic heterocycles. The molecule has 4 nitrogen and oxygen atoms in total. The van der Waals surface area contributed by atoms with Crippen molar-refractivity contribution in [3.05, 3.63) is 35.9 Å². The van der Waals surface area contributed by atoms with Gasteiger partial charge in [0.15, 0.2) is 0 Å². The molecular formula is C17H24N2O2S2. The summed E-state index contributed by atoms with van der Waals surface area (Å²) in [5.41, 5.74) is 0.652. The molecule has 0 saturated carbocycles. The van der Waals surface area contributed by atoms with E-state index in [1.165, 1.54) is 11.5 Å². The van der Waals surface area contributed by atoms with Gasteiger partial charge >= 0.3 is 0 Å². The van der Waals surface area contributed by atoms with Gasteiger partial charge in [-0.25, -0.2) is 0 Å². The summed E-state index contributed by atoms with van der Waals surface area (Å²) in [5.74, 6) is 4.67. The second-order valence-electron chi connectivity index (χ2n) is 6.10. The number of benzene rings is 1. The summed E-state index contributed by atoms with van der Waals surface area (Å²) < 4.78 is 0. The first kappa shape index (κ1) is 17.1. The number of hydrogen-bond donors (Lipinski definition) is 2. The Balaban J connectivity index is 1.53. The third kappa shape index (κ3) is 4.66. The first-order valence-corrected chi connectivity index (χ1v) is 10.5. The largest absolute Gasteiger partial charge is 0.390 e. The first-order valence-electron chi connectivity index (χ1n) is 8.17. The molecule has 0 radical (unpaired) electrons. The van der Waals surface area contributed by atoms with Crippen molar-refractivity contribution in [1.82, 2.24) is 10.2 Å². The normalized spacial score (nSPS) is 27.3. The zero-order valence-electron chi connectivity index (χ0n) is 13.2. The lowest BCUT2D eigenvalue weighted by Gasteiger charge is -2.40. The van der Waals surface area contributed by atoms with Crippen LogP contribution in [-0.2, 0) is 0 Å². The Labute approximate surface area is 146 Å². The molecule has 0 bridgehead atoms.